The summed E-state index contributed by atoms with van der Waals surface area (Å²) in [6, 6.07) is -1.11. The molecule has 1 fully saturated rings. The topological polar surface area (TPSA) is 87.7 Å². The molecule has 92 valence electrons. The van der Waals surface area contributed by atoms with Crippen LogP contribution in [0.4, 0.5) is 0 Å². The SMILES string of the molecule is COCCC(NC(=O)[C@H]1CCCN1)C(=O)O. The van der Waals surface area contributed by atoms with Crippen LogP contribution in [0.5, 0.6) is 0 Å². The van der Waals surface area contributed by atoms with Gasteiger partial charge in [0, 0.05) is 20.1 Å². The summed E-state index contributed by atoms with van der Waals surface area (Å²) in [6.07, 6.45) is 2.00. The van der Waals surface area contributed by atoms with Gasteiger partial charge in [0.15, 0.2) is 0 Å². The number of amides is 1. The van der Waals surface area contributed by atoms with Crippen molar-refractivity contribution in [3.63, 3.8) is 0 Å². The summed E-state index contributed by atoms with van der Waals surface area (Å²) >= 11 is 0. The zero-order chi connectivity index (χ0) is 12.0. The minimum absolute atomic E-state index is 0.235. The molecule has 1 rings (SSSR count). The molecule has 1 aliphatic heterocycles. The van der Waals surface area contributed by atoms with E-state index in [1.54, 1.807) is 0 Å². The lowest BCUT2D eigenvalue weighted by Crippen LogP contribution is -2.48. The van der Waals surface area contributed by atoms with Crippen LogP contribution >= 0.6 is 0 Å². The van der Waals surface area contributed by atoms with E-state index in [0.717, 1.165) is 19.4 Å². The van der Waals surface area contributed by atoms with Crippen molar-refractivity contribution in [3.05, 3.63) is 0 Å². The van der Waals surface area contributed by atoms with Gasteiger partial charge in [-0.25, -0.2) is 4.79 Å². The number of carbonyl (C=O) groups excluding carboxylic acids is 1. The average molecular weight is 230 g/mol. The maximum atomic E-state index is 11.6. The predicted molar refractivity (Wildman–Crippen MR) is 57.1 cm³/mol. The van der Waals surface area contributed by atoms with Crippen molar-refractivity contribution < 1.29 is 19.4 Å². The monoisotopic (exact) mass is 230 g/mol. The van der Waals surface area contributed by atoms with E-state index in [0.29, 0.717) is 6.61 Å². The molecule has 0 aromatic rings. The zero-order valence-electron chi connectivity index (χ0n) is 9.36. The van der Waals surface area contributed by atoms with E-state index in [-0.39, 0.29) is 18.4 Å². The maximum Gasteiger partial charge on any atom is 0.326 e. The molecule has 1 unspecified atom stereocenters. The van der Waals surface area contributed by atoms with E-state index in [1.165, 1.54) is 7.11 Å². The van der Waals surface area contributed by atoms with Crippen LogP contribution in [0.3, 0.4) is 0 Å². The van der Waals surface area contributed by atoms with Crippen molar-refractivity contribution in [1.82, 2.24) is 10.6 Å². The number of carboxylic acid groups (broad SMARTS) is 1. The lowest BCUT2D eigenvalue weighted by molar-refractivity contribution is -0.142. The molecule has 0 radical (unpaired) electrons. The van der Waals surface area contributed by atoms with E-state index in [4.69, 9.17) is 9.84 Å². The Bertz CT molecular complexity index is 251. The summed E-state index contributed by atoms with van der Waals surface area (Å²) in [4.78, 5) is 22.5. The number of carbonyl (C=O) groups is 2. The number of hydrogen-bond acceptors (Lipinski definition) is 4. The Hall–Kier alpha value is -1.14. The van der Waals surface area contributed by atoms with Crippen molar-refractivity contribution in [2.75, 3.05) is 20.3 Å². The molecule has 0 bridgehead atoms. The van der Waals surface area contributed by atoms with Crippen LogP contribution in [0.15, 0.2) is 0 Å². The van der Waals surface area contributed by atoms with Crippen molar-refractivity contribution in [2.24, 2.45) is 0 Å². The third-order valence-electron chi connectivity index (χ3n) is 2.60. The highest BCUT2D eigenvalue weighted by atomic mass is 16.5. The second-order valence-corrected chi connectivity index (χ2v) is 3.83. The molecule has 6 heteroatoms. The van der Waals surface area contributed by atoms with Gasteiger partial charge in [0.2, 0.25) is 5.91 Å². The minimum atomic E-state index is -1.02. The molecule has 3 N–H and O–H groups in total. The second kappa shape index (κ2) is 6.44. The molecular formula is C10H18N2O4. The van der Waals surface area contributed by atoms with Gasteiger partial charge >= 0.3 is 5.97 Å². The standard InChI is InChI=1S/C10H18N2O4/c1-16-6-4-8(10(14)15)12-9(13)7-3-2-5-11-7/h7-8,11H,2-6H2,1H3,(H,12,13)(H,14,15)/t7-,8?/m1/s1. The van der Waals surface area contributed by atoms with Gasteiger partial charge in [0.25, 0.3) is 0 Å². The van der Waals surface area contributed by atoms with Gasteiger partial charge in [-0.1, -0.05) is 0 Å². The summed E-state index contributed by atoms with van der Waals surface area (Å²) in [5.74, 6) is -1.26. The number of hydrogen-bond donors (Lipinski definition) is 3. The maximum absolute atomic E-state index is 11.6. The van der Waals surface area contributed by atoms with E-state index in [9.17, 15) is 9.59 Å². The van der Waals surface area contributed by atoms with Gasteiger partial charge < -0.3 is 20.5 Å². The molecule has 1 amide bonds. The highest BCUT2D eigenvalue weighted by Gasteiger charge is 2.26. The minimum Gasteiger partial charge on any atom is -0.480 e. The van der Waals surface area contributed by atoms with Crippen molar-refractivity contribution >= 4 is 11.9 Å². The fourth-order valence-corrected chi connectivity index (χ4v) is 1.67. The average Bonchev–Trinajstić information content (AvgIpc) is 2.76. The number of rotatable bonds is 6. The van der Waals surface area contributed by atoms with Gasteiger partial charge in [-0.15, -0.1) is 0 Å². The van der Waals surface area contributed by atoms with Gasteiger partial charge in [-0.3, -0.25) is 4.79 Å². The van der Waals surface area contributed by atoms with Crippen LogP contribution in [0.1, 0.15) is 19.3 Å². The molecular weight excluding hydrogens is 212 g/mol. The van der Waals surface area contributed by atoms with Gasteiger partial charge in [0.1, 0.15) is 6.04 Å². The first kappa shape index (κ1) is 12.9. The number of ether oxygens (including phenoxy) is 1. The molecule has 0 aliphatic carbocycles. The summed E-state index contributed by atoms with van der Waals surface area (Å²) in [7, 11) is 1.50. The van der Waals surface area contributed by atoms with E-state index >= 15 is 0 Å². The van der Waals surface area contributed by atoms with E-state index < -0.39 is 12.0 Å². The number of carboxylic acids is 1. The second-order valence-electron chi connectivity index (χ2n) is 3.83. The fourth-order valence-electron chi connectivity index (χ4n) is 1.67. The molecule has 0 spiro atoms. The number of methoxy groups -OCH3 is 1. The van der Waals surface area contributed by atoms with Gasteiger partial charge in [0.05, 0.1) is 6.04 Å². The Morgan fingerprint density at radius 3 is 2.88 bits per heavy atom. The molecule has 0 aromatic carbocycles. The van der Waals surface area contributed by atoms with Crippen molar-refractivity contribution in [2.45, 2.75) is 31.3 Å². The first-order valence-electron chi connectivity index (χ1n) is 5.40. The van der Waals surface area contributed by atoms with Crippen LogP contribution in [0, 0.1) is 0 Å². The molecule has 1 aliphatic rings. The number of nitrogens with one attached hydrogen (secondary N) is 2. The first-order chi connectivity index (χ1) is 7.65. The quantitative estimate of drug-likeness (QED) is 0.564. The lowest BCUT2D eigenvalue weighted by Gasteiger charge is -2.17. The van der Waals surface area contributed by atoms with Crippen molar-refractivity contribution in [3.8, 4) is 0 Å². The summed E-state index contributed by atoms with van der Waals surface area (Å²) in [6.45, 7) is 1.13. The Morgan fingerprint density at radius 1 is 1.62 bits per heavy atom. The summed E-state index contributed by atoms with van der Waals surface area (Å²) < 4.78 is 4.80. The normalized spacial score (nSPS) is 21.7. The summed E-state index contributed by atoms with van der Waals surface area (Å²) in [5.41, 5.74) is 0. The van der Waals surface area contributed by atoms with Crippen LogP contribution in [0.25, 0.3) is 0 Å². The predicted octanol–water partition coefficient (Wildman–Crippen LogP) is -0.656. The Labute approximate surface area is 94.3 Å². The van der Waals surface area contributed by atoms with E-state index in [2.05, 4.69) is 10.6 Å². The van der Waals surface area contributed by atoms with Gasteiger partial charge in [-0.05, 0) is 19.4 Å². The van der Waals surface area contributed by atoms with Gasteiger partial charge in [-0.2, -0.15) is 0 Å². The first-order valence-corrected chi connectivity index (χ1v) is 5.40. The van der Waals surface area contributed by atoms with Crippen LogP contribution in [-0.4, -0.2) is 49.3 Å². The number of aliphatic carboxylic acids is 1. The summed E-state index contributed by atoms with van der Waals surface area (Å²) in [5, 5.41) is 14.4. The molecule has 0 aromatic heterocycles. The van der Waals surface area contributed by atoms with E-state index in [1.807, 2.05) is 0 Å². The molecule has 0 saturated carbocycles. The van der Waals surface area contributed by atoms with Crippen LogP contribution in [0.2, 0.25) is 0 Å². The lowest BCUT2D eigenvalue weighted by atomic mass is 10.1. The molecule has 16 heavy (non-hydrogen) atoms. The largest absolute Gasteiger partial charge is 0.480 e. The smallest absolute Gasteiger partial charge is 0.326 e. The fraction of sp³-hybridized carbons (Fsp3) is 0.800. The molecule has 1 heterocycles. The zero-order valence-corrected chi connectivity index (χ0v) is 9.36. The molecule has 2 atom stereocenters. The van der Waals surface area contributed by atoms with Crippen LogP contribution < -0.4 is 10.6 Å². The third kappa shape index (κ3) is 3.79. The Balaban J connectivity index is 2.40. The highest BCUT2D eigenvalue weighted by molar-refractivity contribution is 5.87. The Morgan fingerprint density at radius 2 is 2.38 bits per heavy atom. The van der Waals surface area contributed by atoms with Crippen molar-refractivity contribution in [1.29, 1.82) is 0 Å². The third-order valence-corrected chi connectivity index (χ3v) is 2.60. The Kier molecular flexibility index (Phi) is 5.21. The highest BCUT2D eigenvalue weighted by Crippen LogP contribution is 2.05. The van der Waals surface area contributed by atoms with Crippen LogP contribution in [-0.2, 0) is 14.3 Å². The molecule has 6 nitrogen and oxygen atoms in total. The molecule has 1 saturated heterocycles.